The van der Waals surface area contributed by atoms with Gasteiger partial charge in [-0.15, -0.1) is 0 Å². The van der Waals surface area contributed by atoms with Crippen molar-refractivity contribution in [3.63, 3.8) is 0 Å². The predicted molar refractivity (Wildman–Crippen MR) is 102 cm³/mol. The number of aryl methyl sites for hydroxylation is 2. The summed E-state index contributed by atoms with van der Waals surface area (Å²) in [6.45, 7) is 4.09. The van der Waals surface area contributed by atoms with Gasteiger partial charge in [0.05, 0.1) is 23.3 Å². The molecule has 25 heavy (non-hydrogen) atoms. The Morgan fingerprint density at radius 2 is 1.92 bits per heavy atom. The fourth-order valence-electron chi connectivity index (χ4n) is 2.97. The number of allylic oxidation sites excluding steroid dienone is 4. The second kappa shape index (κ2) is 6.32. The SMILES string of the molecule is Cc1cccc(-c2[nH]ncc2C2=C/C=C/c3c(C)ccnc3C=C2)n1. The average Bonchev–Trinajstić information content (AvgIpc) is 3.06. The molecule has 122 valence electrons. The van der Waals surface area contributed by atoms with Crippen LogP contribution in [0.15, 0.2) is 54.9 Å². The highest BCUT2D eigenvalue weighted by Crippen LogP contribution is 2.29. The van der Waals surface area contributed by atoms with E-state index >= 15 is 0 Å². The van der Waals surface area contributed by atoms with Gasteiger partial charge in [0.1, 0.15) is 0 Å². The van der Waals surface area contributed by atoms with E-state index in [1.807, 2.05) is 43.6 Å². The van der Waals surface area contributed by atoms with Gasteiger partial charge in [0.2, 0.25) is 0 Å². The molecule has 4 rings (SSSR count). The van der Waals surface area contributed by atoms with Gasteiger partial charge >= 0.3 is 0 Å². The number of aromatic amines is 1. The van der Waals surface area contributed by atoms with Gasteiger partial charge in [0.15, 0.2) is 0 Å². The Kier molecular flexibility index (Phi) is 3.86. The second-order valence-corrected chi connectivity index (χ2v) is 6.06. The fourth-order valence-corrected chi connectivity index (χ4v) is 2.97. The van der Waals surface area contributed by atoms with Crippen LogP contribution in [0, 0.1) is 13.8 Å². The molecular formula is C21H18N4. The zero-order valence-electron chi connectivity index (χ0n) is 14.2. The van der Waals surface area contributed by atoms with E-state index in [0.717, 1.165) is 39.5 Å². The molecule has 0 bridgehead atoms. The van der Waals surface area contributed by atoms with Crippen LogP contribution >= 0.6 is 0 Å². The lowest BCUT2D eigenvalue weighted by Crippen LogP contribution is -1.93. The summed E-state index contributed by atoms with van der Waals surface area (Å²) in [5.41, 5.74) is 8.23. The van der Waals surface area contributed by atoms with Crippen molar-refractivity contribution in [2.75, 3.05) is 0 Å². The first-order chi connectivity index (χ1) is 12.2. The Balaban J connectivity index is 1.78. The molecule has 0 atom stereocenters. The van der Waals surface area contributed by atoms with E-state index in [2.05, 4.69) is 57.5 Å². The molecule has 1 N–H and O–H groups in total. The molecule has 0 aliphatic heterocycles. The fraction of sp³-hybridized carbons (Fsp3) is 0.0952. The van der Waals surface area contributed by atoms with Crippen molar-refractivity contribution in [3.8, 4) is 11.4 Å². The van der Waals surface area contributed by atoms with Gasteiger partial charge in [-0.25, -0.2) is 0 Å². The summed E-state index contributed by atoms with van der Waals surface area (Å²) in [6.07, 6.45) is 14.1. The third kappa shape index (κ3) is 2.94. The molecule has 4 heteroatoms. The molecule has 0 spiro atoms. The topological polar surface area (TPSA) is 54.5 Å². The van der Waals surface area contributed by atoms with Crippen molar-refractivity contribution >= 4 is 17.7 Å². The standard InChI is InChI=1S/C21H18N4/c1-14-11-12-22-19-10-9-16(6-4-7-17(14)19)18-13-23-25-21(18)20-8-3-5-15(2)24-20/h3-13H,1-2H3,(H,23,25)/b6-4?,7-4+,10-9?,16-6?,16-9?,17-7?,19-10?. The minimum atomic E-state index is 0.891. The van der Waals surface area contributed by atoms with Crippen molar-refractivity contribution in [2.24, 2.45) is 0 Å². The lowest BCUT2D eigenvalue weighted by atomic mass is 9.99. The Morgan fingerprint density at radius 3 is 2.80 bits per heavy atom. The third-order valence-electron chi connectivity index (χ3n) is 4.29. The van der Waals surface area contributed by atoms with Crippen molar-refractivity contribution in [1.29, 1.82) is 0 Å². The number of H-pyrrole nitrogens is 1. The molecule has 0 saturated heterocycles. The zero-order valence-corrected chi connectivity index (χ0v) is 14.2. The summed E-state index contributed by atoms with van der Waals surface area (Å²) < 4.78 is 0. The summed E-state index contributed by atoms with van der Waals surface area (Å²) in [4.78, 5) is 9.10. The largest absolute Gasteiger partial charge is 0.276 e. The van der Waals surface area contributed by atoms with E-state index in [4.69, 9.17) is 0 Å². The summed E-state index contributed by atoms with van der Waals surface area (Å²) in [7, 11) is 0. The normalized spacial score (nSPS) is 14.4. The van der Waals surface area contributed by atoms with Crippen LogP contribution in [0.4, 0.5) is 0 Å². The second-order valence-electron chi connectivity index (χ2n) is 6.06. The highest BCUT2D eigenvalue weighted by Gasteiger charge is 2.12. The molecule has 0 aromatic carbocycles. The smallest absolute Gasteiger partial charge is 0.0912 e. The third-order valence-corrected chi connectivity index (χ3v) is 4.29. The molecule has 0 radical (unpaired) electrons. The van der Waals surface area contributed by atoms with E-state index < -0.39 is 0 Å². The number of fused-ring (bicyclic) bond motifs is 1. The van der Waals surface area contributed by atoms with Crippen LogP contribution in [-0.2, 0) is 0 Å². The summed E-state index contributed by atoms with van der Waals surface area (Å²) in [6, 6.07) is 8.02. The summed E-state index contributed by atoms with van der Waals surface area (Å²) >= 11 is 0. The molecular weight excluding hydrogens is 308 g/mol. The first-order valence-corrected chi connectivity index (χ1v) is 8.22. The molecule has 4 nitrogen and oxygen atoms in total. The maximum atomic E-state index is 4.61. The number of rotatable bonds is 2. The van der Waals surface area contributed by atoms with E-state index in [9.17, 15) is 0 Å². The van der Waals surface area contributed by atoms with Crippen LogP contribution < -0.4 is 0 Å². The van der Waals surface area contributed by atoms with Crippen LogP contribution in [0.25, 0.3) is 29.1 Å². The molecule has 3 aromatic rings. The molecule has 0 amide bonds. The first-order valence-electron chi connectivity index (χ1n) is 8.22. The molecule has 0 unspecified atom stereocenters. The maximum Gasteiger partial charge on any atom is 0.0912 e. The predicted octanol–water partition coefficient (Wildman–Crippen LogP) is 4.61. The molecule has 0 fully saturated rings. The molecule has 1 aliphatic carbocycles. The molecule has 1 aliphatic rings. The number of nitrogens with zero attached hydrogens (tertiary/aromatic N) is 3. The van der Waals surface area contributed by atoms with Gasteiger partial charge in [0, 0.05) is 23.0 Å². The maximum absolute atomic E-state index is 4.61. The van der Waals surface area contributed by atoms with Gasteiger partial charge < -0.3 is 0 Å². The van der Waals surface area contributed by atoms with Crippen LogP contribution in [0.1, 0.15) is 28.1 Å². The number of hydrogen-bond acceptors (Lipinski definition) is 3. The van der Waals surface area contributed by atoms with E-state index in [1.165, 1.54) is 5.56 Å². The number of nitrogens with one attached hydrogen (secondary N) is 1. The van der Waals surface area contributed by atoms with Crippen LogP contribution in [-0.4, -0.2) is 20.2 Å². The minimum absolute atomic E-state index is 0.891. The van der Waals surface area contributed by atoms with Gasteiger partial charge in [-0.3, -0.25) is 15.1 Å². The van der Waals surface area contributed by atoms with E-state index in [-0.39, 0.29) is 0 Å². The molecule has 3 heterocycles. The Labute approximate surface area is 146 Å². The van der Waals surface area contributed by atoms with Crippen LogP contribution in [0.3, 0.4) is 0 Å². The monoisotopic (exact) mass is 326 g/mol. The minimum Gasteiger partial charge on any atom is -0.276 e. The van der Waals surface area contributed by atoms with Crippen LogP contribution in [0.5, 0.6) is 0 Å². The van der Waals surface area contributed by atoms with Crippen molar-refractivity contribution < 1.29 is 0 Å². The van der Waals surface area contributed by atoms with Gasteiger partial charge in [0.25, 0.3) is 0 Å². The Morgan fingerprint density at radius 1 is 1.00 bits per heavy atom. The average molecular weight is 326 g/mol. The zero-order chi connectivity index (χ0) is 17.2. The van der Waals surface area contributed by atoms with Gasteiger partial charge in [-0.05, 0) is 49.3 Å². The summed E-state index contributed by atoms with van der Waals surface area (Å²) in [5.74, 6) is 0. The first kappa shape index (κ1) is 15.3. The highest BCUT2D eigenvalue weighted by atomic mass is 15.1. The summed E-state index contributed by atoms with van der Waals surface area (Å²) in [5, 5.41) is 7.32. The number of pyridine rings is 2. The van der Waals surface area contributed by atoms with Gasteiger partial charge in [-0.1, -0.05) is 30.4 Å². The van der Waals surface area contributed by atoms with Crippen LogP contribution in [0.2, 0.25) is 0 Å². The van der Waals surface area contributed by atoms with Gasteiger partial charge in [-0.2, -0.15) is 5.10 Å². The molecule has 0 saturated carbocycles. The highest BCUT2D eigenvalue weighted by molar-refractivity contribution is 5.88. The lowest BCUT2D eigenvalue weighted by Gasteiger charge is -2.08. The van der Waals surface area contributed by atoms with Crippen molar-refractivity contribution in [1.82, 2.24) is 20.2 Å². The van der Waals surface area contributed by atoms with Crippen molar-refractivity contribution in [3.05, 3.63) is 83.0 Å². The quantitative estimate of drug-likeness (QED) is 0.748. The Hall–Kier alpha value is -3.27. The lowest BCUT2D eigenvalue weighted by molar-refractivity contribution is 1.08. The number of aromatic nitrogens is 4. The Bertz CT molecular complexity index is 1020. The van der Waals surface area contributed by atoms with Crippen molar-refractivity contribution in [2.45, 2.75) is 13.8 Å². The number of hydrogen-bond donors (Lipinski definition) is 1. The molecule has 3 aromatic heterocycles. The van der Waals surface area contributed by atoms with E-state index in [1.54, 1.807) is 0 Å². The van der Waals surface area contributed by atoms with E-state index in [0.29, 0.717) is 0 Å².